The minimum absolute atomic E-state index is 0.0143. The van der Waals surface area contributed by atoms with Crippen molar-refractivity contribution in [2.45, 2.75) is 262 Å². The monoisotopic (exact) mass is 1310 g/mol. The molecule has 3 unspecified atom stereocenters. The smallest absolute Gasteiger partial charge is 0.351 e. The largest absolute Gasteiger partial charge is 0.393 e. The summed E-state index contributed by atoms with van der Waals surface area (Å²) in [5.74, 6) is -9.22. The van der Waals surface area contributed by atoms with E-state index in [-0.39, 0.29) is 102 Å². The number of rotatable bonds is 9. The number of fused-ring (bicyclic) bond motifs is 2. The van der Waals surface area contributed by atoms with Crippen molar-refractivity contribution in [2.75, 3.05) is 54.4 Å². The first-order valence-electron chi connectivity index (χ1n) is 33.7. The van der Waals surface area contributed by atoms with Crippen LogP contribution in [-0.4, -0.2) is 225 Å². The van der Waals surface area contributed by atoms with Crippen molar-refractivity contribution < 1.29 is 65.9 Å². The van der Waals surface area contributed by atoms with Gasteiger partial charge in [0, 0.05) is 65.7 Å². The third-order valence-corrected chi connectivity index (χ3v) is 21.5. The Balaban J connectivity index is 1.37. The van der Waals surface area contributed by atoms with Gasteiger partial charge in [-0.15, -0.1) is 11.6 Å². The number of carbonyl (C=O) groups excluding carboxylic acids is 11. The highest BCUT2D eigenvalue weighted by atomic mass is 35.5. The van der Waals surface area contributed by atoms with Crippen molar-refractivity contribution in [2.24, 2.45) is 29.6 Å². The van der Waals surface area contributed by atoms with E-state index in [1.54, 1.807) is 34.6 Å². The van der Waals surface area contributed by atoms with Crippen LogP contribution in [0.5, 0.6) is 0 Å². The number of likely N-dealkylation sites (N-methyl/N-ethyl adjacent to an activating group) is 5. The Kier molecular flexibility index (Phi) is 26.4. The topological polar surface area (TPSA) is 259 Å². The van der Waals surface area contributed by atoms with Crippen LogP contribution in [0.15, 0.2) is 0 Å². The molecular weight excluding hydrogens is 1200 g/mol. The van der Waals surface area contributed by atoms with Crippen LogP contribution < -0.4 is 21.3 Å². The molecule has 0 radical (unpaired) electrons. The molecule has 3 saturated carbocycles. The number of nitrogens with one attached hydrogen (secondary N) is 4. The van der Waals surface area contributed by atoms with Crippen LogP contribution in [0.25, 0.3) is 0 Å². The van der Waals surface area contributed by atoms with Gasteiger partial charge in [0.25, 0.3) is 0 Å². The maximum absolute atomic E-state index is 15.2. The third-order valence-electron chi connectivity index (χ3n) is 21.1. The standard InChI is InChI=1S/C65H105ClF3N11O11/c1-13-39(5)53-62(90)78(14-2)37-52(82)79-32-21-25-49(79)60(88)76(11)50(36-43-22-16-15-17-23-43)61(89)75(10)42(8)55(83)71-47(29-27-44-26-28-45(46(66)35-44)65(67,68)69)59(87)80-33-20-24-48(80)57(85)73-64(30-18-19-31-64)63(91)77(12)54(38(3)4)58(86)70-40(6)34-51(81)74(9)41(7)56(84)72-53/h38-50,53-54H,13-37H2,1-12H3,(H,70,86)(H,71,83)(H,72,84)(H,73,85)/t39-,40+,41-,42+,44?,45?,46?,47-,48-,49-,50-,53-,54-/m0/s1. The molecule has 0 aromatic heterocycles. The molecule has 1 spiro atoms. The summed E-state index contributed by atoms with van der Waals surface area (Å²) in [5, 5.41) is 10.4. The maximum Gasteiger partial charge on any atom is 0.393 e. The van der Waals surface area contributed by atoms with Crippen LogP contribution in [0.3, 0.4) is 0 Å². The molecular formula is C65H105ClF3N11O11. The molecule has 6 fully saturated rings. The van der Waals surface area contributed by atoms with E-state index in [0.29, 0.717) is 32.1 Å². The molecule has 3 heterocycles. The van der Waals surface area contributed by atoms with Gasteiger partial charge in [-0.25, -0.2) is 0 Å². The zero-order valence-corrected chi connectivity index (χ0v) is 56.7. The number of amides is 11. The molecule has 13 atom stereocenters. The van der Waals surface area contributed by atoms with Gasteiger partial charge in [0.2, 0.25) is 65.0 Å². The molecule has 6 aliphatic rings. The van der Waals surface area contributed by atoms with Crippen molar-refractivity contribution in [1.82, 2.24) is 55.6 Å². The lowest BCUT2D eigenvalue weighted by Crippen LogP contribution is -2.64. The van der Waals surface area contributed by atoms with Crippen LogP contribution in [-0.2, 0) is 52.7 Å². The van der Waals surface area contributed by atoms with Gasteiger partial charge >= 0.3 is 6.18 Å². The van der Waals surface area contributed by atoms with Gasteiger partial charge in [-0.1, -0.05) is 79.1 Å². The number of hydrogen-bond donors (Lipinski definition) is 4. The lowest BCUT2D eigenvalue weighted by molar-refractivity contribution is -0.182. The van der Waals surface area contributed by atoms with Crippen molar-refractivity contribution in [3.63, 3.8) is 0 Å². The van der Waals surface area contributed by atoms with Gasteiger partial charge in [0.15, 0.2) is 0 Å². The van der Waals surface area contributed by atoms with Crippen molar-refractivity contribution in [3.8, 4) is 0 Å². The predicted molar refractivity (Wildman–Crippen MR) is 336 cm³/mol. The second-order valence-electron chi connectivity index (χ2n) is 27.6. The molecule has 11 amide bonds. The lowest BCUT2D eigenvalue weighted by atomic mass is 9.78. The molecule has 4 N–H and O–H groups in total. The summed E-state index contributed by atoms with van der Waals surface area (Å²) in [7, 11) is 5.88. The van der Waals surface area contributed by atoms with Crippen LogP contribution in [0, 0.1) is 29.6 Å². The van der Waals surface area contributed by atoms with Gasteiger partial charge in [-0.2, -0.15) is 13.2 Å². The number of nitrogens with zero attached hydrogens (tertiary/aromatic N) is 7. The average molecular weight is 1310 g/mol. The van der Waals surface area contributed by atoms with E-state index in [2.05, 4.69) is 21.3 Å². The Hall–Kier alpha value is -5.75. The Labute approximate surface area is 541 Å². The molecule has 3 aliphatic carbocycles. The Morgan fingerprint density at radius 2 is 1.20 bits per heavy atom. The lowest BCUT2D eigenvalue weighted by Gasteiger charge is -2.39. The van der Waals surface area contributed by atoms with Crippen molar-refractivity contribution in [3.05, 3.63) is 0 Å². The highest BCUT2D eigenvalue weighted by molar-refractivity contribution is 6.20. The molecule has 0 aromatic rings. The fourth-order valence-electron chi connectivity index (χ4n) is 14.8. The summed E-state index contributed by atoms with van der Waals surface area (Å²) < 4.78 is 41.9. The zero-order chi connectivity index (χ0) is 67.6. The number of halogens is 4. The fraction of sp³-hybridized carbons (Fsp3) is 0.831. The van der Waals surface area contributed by atoms with Gasteiger partial charge in [-0.3, -0.25) is 52.7 Å². The molecule has 0 aromatic carbocycles. The summed E-state index contributed by atoms with van der Waals surface area (Å²) in [5.41, 5.74) is -1.48. The summed E-state index contributed by atoms with van der Waals surface area (Å²) in [6.07, 6.45) is 3.45. The van der Waals surface area contributed by atoms with Gasteiger partial charge in [0.1, 0.15) is 53.9 Å². The molecule has 3 saturated heterocycles. The molecule has 3 aliphatic heterocycles. The first-order valence-corrected chi connectivity index (χ1v) is 34.1. The number of alkyl halides is 4. The van der Waals surface area contributed by atoms with Gasteiger partial charge in [-0.05, 0) is 128 Å². The van der Waals surface area contributed by atoms with Crippen LogP contribution in [0.4, 0.5) is 13.2 Å². The highest BCUT2D eigenvalue weighted by Gasteiger charge is 2.51. The number of hydrogen-bond acceptors (Lipinski definition) is 11. The highest BCUT2D eigenvalue weighted by Crippen LogP contribution is 2.44. The summed E-state index contributed by atoms with van der Waals surface area (Å²) in [4.78, 5) is 171. The van der Waals surface area contributed by atoms with E-state index in [0.717, 1.165) is 32.1 Å². The van der Waals surface area contributed by atoms with E-state index < -0.39 is 161 Å². The Morgan fingerprint density at radius 1 is 0.593 bits per heavy atom. The average Bonchev–Trinajstić information content (AvgIpc) is 1.82. The molecule has 26 heteroatoms. The minimum atomic E-state index is -4.49. The first kappa shape index (κ1) is 74.3. The summed E-state index contributed by atoms with van der Waals surface area (Å²) >= 11 is 6.39. The van der Waals surface area contributed by atoms with E-state index in [4.69, 9.17) is 11.6 Å². The summed E-state index contributed by atoms with van der Waals surface area (Å²) in [6.45, 7) is 13.4. The number of carbonyl (C=O) groups is 11. The second-order valence-corrected chi connectivity index (χ2v) is 28.2. The van der Waals surface area contributed by atoms with Gasteiger partial charge < -0.3 is 55.6 Å². The SMILES string of the molecule is CC[C@H](C)[C@@H]1NC(=O)[C@H](C)N(C)C(=O)C[C@@H](C)NC(=O)[C@H](C(C)C)N(C)C(=O)C2(CCCC2)NC(=O)[C@@H]2CCCN2C(=O)[C@H](CCC2CCC(C(F)(F)F)C(Cl)C2)NC(=O)[C@@H](C)N(C)C(=O)[C@H](CC2CCCCC2)N(C)C(=O)[C@@H]2CCCN2C(=O)CN(CC)C1=O. The minimum Gasteiger partial charge on any atom is -0.351 e. The Bertz CT molecular complexity index is 2620. The maximum atomic E-state index is 15.2. The van der Waals surface area contributed by atoms with E-state index in [1.807, 2.05) is 6.92 Å². The third kappa shape index (κ3) is 17.9. The first-order chi connectivity index (χ1) is 42.8. The normalized spacial score (nSPS) is 31.8. The second kappa shape index (κ2) is 32.4. The van der Waals surface area contributed by atoms with E-state index in [1.165, 1.54) is 76.3 Å². The van der Waals surface area contributed by atoms with Crippen molar-refractivity contribution in [1.29, 1.82) is 0 Å². The van der Waals surface area contributed by atoms with Crippen LogP contribution >= 0.6 is 11.6 Å². The van der Waals surface area contributed by atoms with Gasteiger partial charge in [0.05, 0.1) is 12.5 Å². The molecule has 514 valence electrons. The van der Waals surface area contributed by atoms with E-state index >= 15 is 9.59 Å². The van der Waals surface area contributed by atoms with Crippen molar-refractivity contribution >= 4 is 76.6 Å². The quantitative estimate of drug-likeness (QED) is 0.209. The molecule has 6 rings (SSSR count). The molecule has 0 bridgehead atoms. The predicted octanol–water partition coefficient (Wildman–Crippen LogP) is 5.51. The summed E-state index contributed by atoms with van der Waals surface area (Å²) in [6, 6.07) is -9.85. The van der Waals surface area contributed by atoms with E-state index in [9.17, 15) is 56.3 Å². The molecule has 91 heavy (non-hydrogen) atoms. The van der Waals surface area contributed by atoms with Crippen LogP contribution in [0.2, 0.25) is 0 Å². The zero-order valence-electron chi connectivity index (χ0n) is 56.0. The van der Waals surface area contributed by atoms with Crippen LogP contribution in [0.1, 0.15) is 190 Å². The Morgan fingerprint density at radius 3 is 1.79 bits per heavy atom. The molecule has 22 nitrogen and oxygen atoms in total. The fourth-order valence-corrected chi connectivity index (χ4v) is 15.3.